The molecule has 0 fully saturated rings. The van der Waals surface area contributed by atoms with Crippen LogP contribution >= 0.6 is 0 Å². The van der Waals surface area contributed by atoms with Crippen LogP contribution < -0.4 is 5.73 Å². The first-order valence-electron chi connectivity index (χ1n) is 6.53. The minimum Gasteiger partial charge on any atom is -0.459 e. The molecule has 0 spiro atoms. The predicted molar refractivity (Wildman–Crippen MR) is 74.7 cm³/mol. The zero-order valence-corrected chi connectivity index (χ0v) is 11.6. The standard InChI is InChI=1S/C14H18N4O2/c1-10(2)20-14(19)11-4-3-5-12(8-11)18-13(6-7-15)9-16-17-18/h3-5,8-10H,6-7,15H2,1-2H3. The van der Waals surface area contributed by atoms with Crippen LogP contribution in [0.4, 0.5) is 0 Å². The molecule has 1 aromatic carbocycles. The highest BCUT2D eigenvalue weighted by atomic mass is 16.5. The smallest absolute Gasteiger partial charge is 0.338 e. The third kappa shape index (κ3) is 3.21. The Kier molecular flexibility index (Phi) is 4.47. The molecule has 0 amide bonds. The van der Waals surface area contributed by atoms with Gasteiger partial charge in [-0.3, -0.25) is 0 Å². The molecule has 0 atom stereocenters. The number of hydrogen-bond donors (Lipinski definition) is 1. The van der Waals surface area contributed by atoms with Gasteiger partial charge in [0.05, 0.1) is 29.2 Å². The average molecular weight is 274 g/mol. The summed E-state index contributed by atoms with van der Waals surface area (Å²) in [7, 11) is 0. The van der Waals surface area contributed by atoms with Gasteiger partial charge in [0.15, 0.2) is 0 Å². The Morgan fingerprint density at radius 3 is 2.95 bits per heavy atom. The second kappa shape index (κ2) is 6.29. The lowest BCUT2D eigenvalue weighted by molar-refractivity contribution is 0.0378. The fourth-order valence-electron chi connectivity index (χ4n) is 1.84. The molecular weight excluding hydrogens is 256 g/mol. The fourth-order valence-corrected chi connectivity index (χ4v) is 1.84. The van der Waals surface area contributed by atoms with Crippen LogP contribution in [0.2, 0.25) is 0 Å². The Morgan fingerprint density at radius 1 is 1.45 bits per heavy atom. The van der Waals surface area contributed by atoms with Gasteiger partial charge < -0.3 is 10.5 Å². The number of carbonyl (C=O) groups excluding carboxylic acids is 1. The van der Waals surface area contributed by atoms with Crippen LogP contribution in [0, 0.1) is 0 Å². The van der Waals surface area contributed by atoms with Gasteiger partial charge in [-0.2, -0.15) is 0 Å². The summed E-state index contributed by atoms with van der Waals surface area (Å²) < 4.78 is 6.86. The van der Waals surface area contributed by atoms with E-state index in [2.05, 4.69) is 10.3 Å². The van der Waals surface area contributed by atoms with Gasteiger partial charge in [0, 0.05) is 6.42 Å². The Hall–Kier alpha value is -2.21. The van der Waals surface area contributed by atoms with Crippen LogP contribution in [0.3, 0.4) is 0 Å². The van der Waals surface area contributed by atoms with E-state index in [-0.39, 0.29) is 12.1 Å². The number of aromatic nitrogens is 3. The van der Waals surface area contributed by atoms with Crippen molar-refractivity contribution in [1.82, 2.24) is 15.0 Å². The molecule has 1 aromatic heterocycles. The maximum absolute atomic E-state index is 11.9. The first-order valence-corrected chi connectivity index (χ1v) is 6.53. The molecule has 0 aliphatic heterocycles. The molecular formula is C14H18N4O2. The van der Waals surface area contributed by atoms with Crippen LogP contribution in [0.1, 0.15) is 29.9 Å². The quantitative estimate of drug-likeness (QED) is 0.832. The second-order valence-electron chi connectivity index (χ2n) is 4.68. The molecule has 0 bridgehead atoms. The first kappa shape index (κ1) is 14.2. The minimum absolute atomic E-state index is 0.148. The topological polar surface area (TPSA) is 83.0 Å². The monoisotopic (exact) mass is 274 g/mol. The lowest BCUT2D eigenvalue weighted by Crippen LogP contribution is -2.13. The lowest BCUT2D eigenvalue weighted by atomic mass is 10.2. The first-order chi connectivity index (χ1) is 9.61. The minimum atomic E-state index is -0.345. The summed E-state index contributed by atoms with van der Waals surface area (Å²) in [4.78, 5) is 11.9. The third-order valence-electron chi connectivity index (χ3n) is 2.69. The van der Waals surface area contributed by atoms with E-state index in [0.717, 1.165) is 11.4 Å². The second-order valence-corrected chi connectivity index (χ2v) is 4.68. The Labute approximate surface area is 117 Å². The predicted octanol–water partition coefficient (Wildman–Crippen LogP) is 1.33. The largest absolute Gasteiger partial charge is 0.459 e. The van der Waals surface area contributed by atoms with Crippen LogP contribution in [0.15, 0.2) is 30.5 Å². The van der Waals surface area contributed by atoms with E-state index in [1.54, 1.807) is 29.1 Å². The molecule has 20 heavy (non-hydrogen) atoms. The van der Waals surface area contributed by atoms with E-state index >= 15 is 0 Å². The van der Waals surface area contributed by atoms with E-state index in [1.807, 2.05) is 19.9 Å². The Balaban J connectivity index is 2.29. The van der Waals surface area contributed by atoms with Crippen molar-refractivity contribution in [3.63, 3.8) is 0 Å². The van der Waals surface area contributed by atoms with Crippen molar-refractivity contribution in [3.05, 3.63) is 41.7 Å². The molecule has 106 valence electrons. The van der Waals surface area contributed by atoms with E-state index in [9.17, 15) is 4.79 Å². The van der Waals surface area contributed by atoms with E-state index in [0.29, 0.717) is 18.5 Å². The molecule has 2 rings (SSSR count). The van der Waals surface area contributed by atoms with Crippen molar-refractivity contribution in [2.24, 2.45) is 5.73 Å². The lowest BCUT2D eigenvalue weighted by Gasteiger charge is -2.10. The van der Waals surface area contributed by atoms with Gasteiger partial charge in [0.2, 0.25) is 0 Å². The molecule has 0 unspecified atom stereocenters. The number of carbonyl (C=O) groups is 1. The number of esters is 1. The van der Waals surface area contributed by atoms with Crippen molar-refractivity contribution in [3.8, 4) is 5.69 Å². The number of benzene rings is 1. The zero-order chi connectivity index (χ0) is 14.5. The summed E-state index contributed by atoms with van der Waals surface area (Å²) in [5.74, 6) is -0.345. The summed E-state index contributed by atoms with van der Waals surface area (Å²) in [6.45, 7) is 4.15. The van der Waals surface area contributed by atoms with Gasteiger partial charge in [-0.15, -0.1) is 5.10 Å². The van der Waals surface area contributed by atoms with Crippen molar-refractivity contribution >= 4 is 5.97 Å². The van der Waals surface area contributed by atoms with Crippen molar-refractivity contribution in [1.29, 1.82) is 0 Å². The molecule has 0 saturated heterocycles. The normalized spacial score (nSPS) is 10.8. The SMILES string of the molecule is CC(C)OC(=O)c1cccc(-n2nncc2CCN)c1. The summed E-state index contributed by atoms with van der Waals surface area (Å²) in [5.41, 5.74) is 7.72. The van der Waals surface area contributed by atoms with Crippen LogP contribution in [-0.4, -0.2) is 33.6 Å². The molecule has 0 aliphatic carbocycles. The van der Waals surface area contributed by atoms with Crippen molar-refractivity contribution in [2.75, 3.05) is 6.54 Å². The molecule has 6 heteroatoms. The summed E-state index contributed by atoms with van der Waals surface area (Å²) in [6, 6.07) is 7.11. The third-order valence-corrected chi connectivity index (χ3v) is 2.69. The Bertz CT molecular complexity index is 592. The Morgan fingerprint density at radius 2 is 2.25 bits per heavy atom. The highest BCUT2D eigenvalue weighted by Crippen LogP contribution is 2.13. The number of rotatable bonds is 5. The highest BCUT2D eigenvalue weighted by molar-refractivity contribution is 5.90. The van der Waals surface area contributed by atoms with Crippen LogP contribution in [0.25, 0.3) is 5.69 Å². The highest BCUT2D eigenvalue weighted by Gasteiger charge is 2.12. The molecule has 2 aromatic rings. The zero-order valence-electron chi connectivity index (χ0n) is 11.6. The van der Waals surface area contributed by atoms with Gasteiger partial charge in [-0.1, -0.05) is 11.3 Å². The van der Waals surface area contributed by atoms with Crippen LogP contribution in [-0.2, 0) is 11.2 Å². The summed E-state index contributed by atoms with van der Waals surface area (Å²) >= 11 is 0. The number of hydrogen-bond acceptors (Lipinski definition) is 5. The van der Waals surface area contributed by atoms with E-state index in [1.165, 1.54) is 0 Å². The summed E-state index contributed by atoms with van der Waals surface area (Å²) in [6.07, 6.45) is 2.20. The number of nitrogens with zero attached hydrogens (tertiary/aromatic N) is 3. The molecule has 2 N–H and O–H groups in total. The molecule has 0 saturated carbocycles. The average Bonchev–Trinajstić information content (AvgIpc) is 2.87. The molecule has 0 aliphatic rings. The van der Waals surface area contributed by atoms with Crippen molar-refractivity contribution in [2.45, 2.75) is 26.4 Å². The molecule has 1 heterocycles. The maximum atomic E-state index is 11.9. The molecule has 6 nitrogen and oxygen atoms in total. The molecule has 0 radical (unpaired) electrons. The number of ether oxygens (including phenoxy) is 1. The van der Waals surface area contributed by atoms with Gasteiger partial charge in [-0.25, -0.2) is 9.48 Å². The van der Waals surface area contributed by atoms with E-state index < -0.39 is 0 Å². The fraction of sp³-hybridized carbons (Fsp3) is 0.357. The maximum Gasteiger partial charge on any atom is 0.338 e. The van der Waals surface area contributed by atoms with Gasteiger partial charge in [0.1, 0.15) is 0 Å². The van der Waals surface area contributed by atoms with Gasteiger partial charge in [0.25, 0.3) is 0 Å². The van der Waals surface area contributed by atoms with Crippen molar-refractivity contribution < 1.29 is 9.53 Å². The van der Waals surface area contributed by atoms with Crippen LogP contribution in [0.5, 0.6) is 0 Å². The summed E-state index contributed by atoms with van der Waals surface area (Å²) in [5, 5.41) is 7.91. The van der Waals surface area contributed by atoms with E-state index in [4.69, 9.17) is 10.5 Å². The number of nitrogens with two attached hydrogens (primary N) is 1. The van der Waals surface area contributed by atoms with Gasteiger partial charge >= 0.3 is 5.97 Å². The van der Waals surface area contributed by atoms with Gasteiger partial charge in [-0.05, 0) is 38.6 Å².